The van der Waals surface area contributed by atoms with E-state index in [4.69, 9.17) is 0 Å². The van der Waals surface area contributed by atoms with Crippen LogP contribution in [0.3, 0.4) is 0 Å². The summed E-state index contributed by atoms with van der Waals surface area (Å²) in [7, 11) is 0. The lowest BCUT2D eigenvalue weighted by molar-refractivity contribution is -0.284. The maximum absolute atomic E-state index is 12.5. The van der Waals surface area contributed by atoms with Crippen molar-refractivity contribution in [3.8, 4) is 0 Å². The van der Waals surface area contributed by atoms with Gasteiger partial charge < -0.3 is 0 Å². The normalized spacial score (nSPS) is 14.7. The maximum atomic E-state index is 12.5. The van der Waals surface area contributed by atoms with Crippen molar-refractivity contribution in [3.05, 3.63) is 12.7 Å². The average molecular weight is 258 g/mol. The number of unbranched alkanes of at least 4 members (excludes halogenated alkanes) is 2. The minimum Gasteiger partial charge on any atom is -0.196 e. The van der Waals surface area contributed by atoms with Gasteiger partial charge in [-0.25, -0.2) is 0 Å². The van der Waals surface area contributed by atoms with Crippen molar-refractivity contribution in [3.63, 3.8) is 0 Å². The molecule has 0 aliphatic carbocycles. The Balaban J connectivity index is 3.68. The first-order chi connectivity index (χ1) is 7.70. The van der Waals surface area contributed by atoms with Crippen LogP contribution >= 0.6 is 0 Å². The van der Waals surface area contributed by atoms with E-state index in [0.717, 1.165) is 12.8 Å². The van der Waals surface area contributed by atoms with E-state index >= 15 is 0 Å². The second-order valence-electron chi connectivity index (χ2n) is 4.43. The first-order valence-electron chi connectivity index (χ1n) is 5.76. The predicted molar refractivity (Wildman–Crippen MR) is 58.1 cm³/mol. The van der Waals surface area contributed by atoms with Crippen LogP contribution in [0.25, 0.3) is 0 Å². The Kier molecular flexibility index (Phi) is 6.72. The molecule has 0 aromatic heterocycles. The Morgan fingerprint density at radius 3 is 2.12 bits per heavy atom. The summed E-state index contributed by atoms with van der Waals surface area (Å²) in [5, 5.41) is 0. The third-order valence-electron chi connectivity index (χ3n) is 2.67. The molecule has 0 rings (SSSR count). The standard InChI is InChI=1S/C12H19F5/c1-3-7-10(2)8-5-4-6-9-11(13,14)12(15,16)17/h3,10H,1,4-9H2,2H3. The molecule has 0 amide bonds. The van der Waals surface area contributed by atoms with Gasteiger partial charge in [-0.15, -0.1) is 6.58 Å². The molecule has 102 valence electrons. The van der Waals surface area contributed by atoms with Crippen LogP contribution in [-0.4, -0.2) is 12.1 Å². The fourth-order valence-electron chi connectivity index (χ4n) is 1.56. The van der Waals surface area contributed by atoms with Gasteiger partial charge in [-0.05, 0) is 18.8 Å². The lowest BCUT2D eigenvalue weighted by Gasteiger charge is -2.19. The van der Waals surface area contributed by atoms with Crippen molar-refractivity contribution in [1.82, 2.24) is 0 Å². The summed E-state index contributed by atoms with van der Waals surface area (Å²) >= 11 is 0. The summed E-state index contributed by atoms with van der Waals surface area (Å²) in [6.45, 7) is 5.59. The summed E-state index contributed by atoms with van der Waals surface area (Å²) in [6, 6.07) is 0. The first kappa shape index (κ1) is 16.4. The molecular formula is C12H19F5. The zero-order chi connectivity index (χ0) is 13.5. The van der Waals surface area contributed by atoms with E-state index in [0.29, 0.717) is 18.8 Å². The summed E-state index contributed by atoms with van der Waals surface area (Å²) in [4.78, 5) is 0. The third-order valence-corrected chi connectivity index (χ3v) is 2.67. The monoisotopic (exact) mass is 258 g/mol. The van der Waals surface area contributed by atoms with Gasteiger partial charge >= 0.3 is 12.1 Å². The summed E-state index contributed by atoms with van der Waals surface area (Å²) in [5.74, 6) is -4.13. The van der Waals surface area contributed by atoms with Gasteiger partial charge in [-0.2, -0.15) is 22.0 Å². The molecule has 0 aliphatic rings. The van der Waals surface area contributed by atoms with Crippen LogP contribution in [0.5, 0.6) is 0 Å². The second-order valence-corrected chi connectivity index (χ2v) is 4.43. The van der Waals surface area contributed by atoms with Gasteiger partial charge in [0, 0.05) is 6.42 Å². The summed E-state index contributed by atoms with van der Waals surface area (Å²) < 4.78 is 60.4. The highest BCUT2D eigenvalue weighted by Crippen LogP contribution is 2.39. The molecular weight excluding hydrogens is 239 g/mol. The molecule has 0 saturated carbocycles. The van der Waals surface area contributed by atoms with Gasteiger partial charge in [0.1, 0.15) is 0 Å². The molecule has 1 atom stereocenters. The van der Waals surface area contributed by atoms with E-state index in [1.807, 2.05) is 6.92 Å². The molecule has 5 heteroatoms. The van der Waals surface area contributed by atoms with Crippen LogP contribution in [0.2, 0.25) is 0 Å². The Bertz CT molecular complexity index is 219. The minimum atomic E-state index is -5.41. The maximum Gasteiger partial charge on any atom is 0.453 e. The molecule has 0 N–H and O–H groups in total. The minimum absolute atomic E-state index is 0.0900. The topological polar surface area (TPSA) is 0 Å². The second kappa shape index (κ2) is 6.97. The largest absolute Gasteiger partial charge is 0.453 e. The highest BCUT2D eigenvalue weighted by atomic mass is 19.4. The first-order valence-corrected chi connectivity index (χ1v) is 5.76. The van der Waals surface area contributed by atoms with E-state index in [2.05, 4.69) is 6.58 Å². The van der Waals surface area contributed by atoms with E-state index in [1.54, 1.807) is 6.08 Å². The van der Waals surface area contributed by atoms with Crippen molar-refractivity contribution < 1.29 is 22.0 Å². The number of halogens is 5. The van der Waals surface area contributed by atoms with Crippen LogP contribution in [0.4, 0.5) is 22.0 Å². The molecule has 0 spiro atoms. The molecule has 0 heterocycles. The van der Waals surface area contributed by atoms with Gasteiger partial charge in [0.05, 0.1) is 0 Å². The molecule has 0 bridgehead atoms. The van der Waals surface area contributed by atoms with Crippen LogP contribution in [0.15, 0.2) is 12.7 Å². The van der Waals surface area contributed by atoms with Gasteiger partial charge in [0.25, 0.3) is 0 Å². The zero-order valence-corrected chi connectivity index (χ0v) is 9.99. The molecule has 0 aliphatic heterocycles. The van der Waals surface area contributed by atoms with E-state index in [1.165, 1.54) is 0 Å². The van der Waals surface area contributed by atoms with Gasteiger partial charge in [0.2, 0.25) is 0 Å². The molecule has 0 radical (unpaired) electrons. The van der Waals surface area contributed by atoms with Crippen LogP contribution < -0.4 is 0 Å². The van der Waals surface area contributed by atoms with E-state index in [-0.39, 0.29) is 6.42 Å². The van der Waals surface area contributed by atoms with Crippen molar-refractivity contribution in [1.29, 1.82) is 0 Å². The quantitative estimate of drug-likeness (QED) is 0.313. The average Bonchev–Trinajstić information content (AvgIpc) is 2.15. The number of alkyl halides is 5. The SMILES string of the molecule is C=CCC(C)CCCCCC(F)(F)C(F)(F)F. The number of rotatable bonds is 8. The highest BCUT2D eigenvalue weighted by molar-refractivity contribution is 4.75. The Morgan fingerprint density at radius 2 is 1.65 bits per heavy atom. The van der Waals surface area contributed by atoms with Crippen LogP contribution in [0.1, 0.15) is 45.4 Å². The van der Waals surface area contributed by atoms with Crippen molar-refractivity contribution >= 4 is 0 Å². The zero-order valence-electron chi connectivity index (χ0n) is 9.99. The van der Waals surface area contributed by atoms with Crippen molar-refractivity contribution in [2.24, 2.45) is 5.92 Å². The Labute approximate surface area is 98.9 Å². The van der Waals surface area contributed by atoms with Crippen LogP contribution in [0, 0.1) is 5.92 Å². The smallest absolute Gasteiger partial charge is 0.196 e. The summed E-state index contributed by atoms with van der Waals surface area (Å²) in [5.41, 5.74) is 0. The molecule has 0 aromatic rings. The molecule has 0 saturated heterocycles. The third kappa shape index (κ3) is 6.64. The summed E-state index contributed by atoms with van der Waals surface area (Å²) in [6.07, 6.45) is -2.05. The lowest BCUT2D eigenvalue weighted by atomic mass is 9.99. The highest BCUT2D eigenvalue weighted by Gasteiger charge is 2.56. The van der Waals surface area contributed by atoms with E-state index in [9.17, 15) is 22.0 Å². The number of hydrogen-bond acceptors (Lipinski definition) is 0. The predicted octanol–water partition coefficient (Wildman–Crippen LogP) is 5.35. The number of hydrogen-bond donors (Lipinski definition) is 0. The molecule has 0 nitrogen and oxygen atoms in total. The van der Waals surface area contributed by atoms with Gasteiger partial charge in [-0.3, -0.25) is 0 Å². The van der Waals surface area contributed by atoms with Gasteiger partial charge in [0.15, 0.2) is 0 Å². The fraction of sp³-hybridized carbons (Fsp3) is 0.833. The van der Waals surface area contributed by atoms with E-state index < -0.39 is 18.5 Å². The molecule has 0 aromatic carbocycles. The van der Waals surface area contributed by atoms with Gasteiger partial charge in [-0.1, -0.05) is 32.3 Å². The lowest BCUT2D eigenvalue weighted by Crippen LogP contribution is -2.36. The fourth-order valence-corrected chi connectivity index (χ4v) is 1.56. The Morgan fingerprint density at radius 1 is 1.06 bits per heavy atom. The number of allylic oxidation sites excluding steroid dienone is 1. The van der Waals surface area contributed by atoms with Crippen molar-refractivity contribution in [2.75, 3.05) is 0 Å². The molecule has 17 heavy (non-hydrogen) atoms. The molecule has 0 fully saturated rings. The van der Waals surface area contributed by atoms with Crippen molar-refractivity contribution in [2.45, 2.75) is 57.5 Å². The Hall–Kier alpha value is -0.610. The van der Waals surface area contributed by atoms with Crippen LogP contribution in [-0.2, 0) is 0 Å². The molecule has 1 unspecified atom stereocenters.